The molecule has 0 unspecified atom stereocenters. The predicted octanol–water partition coefficient (Wildman–Crippen LogP) is 3.72. The largest absolute Gasteiger partial charge is 0.445 e. The Morgan fingerprint density at radius 2 is 1.88 bits per heavy atom. The zero-order valence-corrected chi connectivity index (χ0v) is 21.2. The van der Waals surface area contributed by atoms with E-state index in [-0.39, 0.29) is 12.5 Å². The molecule has 1 aromatic heterocycles. The lowest BCUT2D eigenvalue weighted by molar-refractivity contribution is -0.128. The van der Waals surface area contributed by atoms with E-state index in [2.05, 4.69) is 26.1 Å². The molecule has 0 spiro atoms. The van der Waals surface area contributed by atoms with Crippen LogP contribution in [0.4, 0.5) is 9.93 Å². The number of carbonyl (C=O) groups excluding carboxylic acids is 3. The molecular weight excluding hydrogens is 482 g/mol. The molecule has 180 valence electrons. The van der Waals surface area contributed by atoms with Crippen molar-refractivity contribution in [1.29, 1.82) is 0 Å². The monoisotopic (exact) mass is 511 g/mol. The Hall–Kier alpha value is -2.44. The van der Waals surface area contributed by atoms with Gasteiger partial charge >= 0.3 is 6.09 Å². The molecule has 4 N–H and O–H groups in total. The van der Waals surface area contributed by atoms with Crippen LogP contribution < -0.4 is 16.0 Å². The highest BCUT2D eigenvalue weighted by molar-refractivity contribution is 7.98. The van der Waals surface area contributed by atoms with E-state index in [0.29, 0.717) is 27.7 Å². The summed E-state index contributed by atoms with van der Waals surface area (Å²) in [5.74, 6) is -0.0536. The molecular formula is C21H29N5O4S3. The Bertz CT molecular complexity index is 964. The van der Waals surface area contributed by atoms with Crippen molar-refractivity contribution in [2.75, 3.05) is 17.3 Å². The molecule has 1 heterocycles. The van der Waals surface area contributed by atoms with Crippen molar-refractivity contribution in [3.63, 3.8) is 0 Å². The fourth-order valence-corrected chi connectivity index (χ4v) is 4.13. The van der Waals surface area contributed by atoms with Crippen molar-refractivity contribution >= 4 is 58.4 Å². The van der Waals surface area contributed by atoms with Crippen LogP contribution in [0.25, 0.3) is 0 Å². The highest BCUT2D eigenvalue weighted by Gasteiger charge is 2.28. The van der Waals surface area contributed by atoms with Gasteiger partial charge in [0.05, 0.1) is 0 Å². The van der Waals surface area contributed by atoms with Gasteiger partial charge in [0.15, 0.2) is 3.95 Å². The summed E-state index contributed by atoms with van der Waals surface area (Å²) in [4.78, 5) is 38.1. The summed E-state index contributed by atoms with van der Waals surface area (Å²) in [6, 6.07) is 7.63. The van der Waals surface area contributed by atoms with Crippen LogP contribution in [0.3, 0.4) is 0 Å². The molecule has 0 saturated heterocycles. The number of thioether (sulfide) groups is 1. The third kappa shape index (κ3) is 9.93. The van der Waals surface area contributed by atoms with Gasteiger partial charge in [-0.25, -0.2) is 4.79 Å². The molecule has 1 aromatic carbocycles. The number of rotatable bonds is 12. The lowest BCUT2D eigenvalue weighted by atomic mass is 10.0. The molecule has 0 saturated carbocycles. The number of amides is 3. The minimum Gasteiger partial charge on any atom is -0.445 e. The lowest BCUT2D eigenvalue weighted by Gasteiger charge is -2.23. The van der Waals surface area contributed by atoms with Crippen LogP contribution in [0.2, 0.25) is 0 Å². The molecule has 0 aliphatic carbocycles. The summed E-state index contributed by atoms with van der Waals surface area (Å²) in [7, 11) is 0. The van der Waals surface area contributed by atoms with Gasteiger partial charge in [0.1, 0.15) is 18.7 Å². The summed E-state index contributed by atoms with van der Waals surface area (Å²) >= 11 is 7.67. The molecule has 2 rings (SSSR count). The molecule has 2 atom stereocenters. The maximum atomic E-state index is 13.0. The van der Waals surface area contributed by atoms with Gasteiger partial charge in [0.25, 0.3) is 0 Å². The number of nitrogens with one attached hydrogen (secondary N) is 4. The zero-order chi connectivity index (χ0) is 24.2. The Morgan fingerprint density at radius 3 is 2.48 bits per heavy atom. The van der Waals surface area contributed by atoms with Gasteiger partial charge in [-0.15, -0.1) is 5.10 Å². The second-order valence-corrected chi connectivity index (χ2v) is 10.3. The highest BCUT2D eigenvalue weighted by Crippen LogP contribution is 2.13. The molecule has 0 aliphatic heterocycles. The molecule has 33 heavy (non-hydrogen) atoms. The molecule has 0 aliphatic rings. The van der Waals surface area contributed by atoms with Crippen LogP contribution in [0.15, 0.2) is 30.3 Å². The first-order valence-electron chi connectivity index (χ1n) is 10.4. The quantitative estimate of drug-likeness (QED) is 0.320. The number of alkyl carbamates (subject to hydrolysis) is 1. The number of nitrogens with zero attached hydrogens (tertiary/aromatic N) is 1. The molecule has 12 heteroatoms. The van der Waals surface area contributed by atoms with Crippen LogP contribution in [0, 0.1) is 9.87 Å². The number of hydrogen-bond donors (Lipinski definition) is 4. The summed E-state index contributed by atoms with van der Waals surface area (Å²) < 4.78 is 5.69. The van der Waals surface area contributed by atoms with Gasteiger partial charge in [-0.2, -0.15) is 11.8 Å². The fraction of sp³-hybridized carbons (Fsp3) is 0.476. The van der Waals surface area contributed by atoms with Crippen LogP contribution in [0.5, 0.6) is 0 Å². The molecule has 9 nitrogen and oxygen atoms in total. The summed E-state index contributed by atoms with van der Waals surface area (Å²) in [5, 5.41) is 14.9. The predicted molar refractivity (Wildman–Crippen MR) is 134 cm³/mol. The summed E-state index contributed by atoms with van der Waals surface area (Å²) in [6.07, 6.45) is 2.04. The van der Waals surface area contributed by atoms with E-state index >= 15 is 0 Å². The number of H-pyrrole nitrogens is 1. The van der Waals surface area contributed by atoms with Crippen molar-refractivity contribution in [2.45, 2.75) is 45.4 Å². The number of aromatic amines is 1. The summed E-state index contributed by atoms with van der Waals surface area (Å²) in [5.41, 5.74) is 0.841. The van der Waals surface area contributed by atoms with Gasteiger partial charge in [-0.05, 0) is 48.5 Å². The van der Waals surface area contributed by atoms with Gasteiger partial charge in [-0.3, -0.25) is 20.0 Å². The van der Waals surface area contributed by atoms with Crippen molar-refractivity contribution in [3.05, 3.63) is 39.8 Å². The molecule has 0 bridgehead atoms. The Morgan fingerprint density at radius 1 is 1.15 bits per heavy atom. The second kappa shape index (κ2) is 14.0. The average Bonchev–Trinajstić information content (AvgIpc) is 3.19. The minimum absolute atomic E-state index is 0.0944. The Balaban J connectivity index is 2.01. The number of hydrogen-bond acceptors (Lipinski definition) is 8. The van der Waals surface area contributed by atoms with Crippen molar-refractivity contribution in [2.24, 2.45) is 5.92 Å². The van der Waals surface area contributed by atoms with Gasteiger partial charge in [-0.1, -0.05) is 55.5 Å². The topological polar surface area (TPSA) is 125 Å². The maximum Gasteiger partial charge on any atom is 0.408 e. The molecule has 0 fully saturated rings. The zero-order valence-electron chi connectivity index (χ0n) is 18.8. The lowest BCUT2D eigenvalue weighted by Crippen LogP contribution is -2.53. The van der Waals surface area contributed by atoms with E-state index in [1.54, 1.807) is 11.8 Å². The number of carbonyl (C=O) groups is 3. The van der Waals surface area contributed by atoms with E-state index in [0.717, 1.165) is 16.9 Å². The van der Waals surface area contributed by atoms with Gasteiger partial charge < -0.3 is 15.4 Å². The Kier molecular flexibility index (Phi) is 11.3. The van der Waals surface area contributed by atoms with Crippen molar-refractivity contribution in [3.8, 4) is 0 Å². The number of anilines is 1. The molecule has 0 radical (unpaired) electrons. The standard InChI is InChI=1S/C21H29N5O4S3/c1-13(2)11-16(23-20(29)30-12-14-7-5-4-6-8-14)18(28)22-15(9-10-32-3)17(27)24-19-25-26-21(31)33-19/h4-8,13,15-16H,9-12H2,1-3H3,(H,22,28)(H,23,29)(H,26,31)(H,24,25,27)/t15-,16-/m0/s1. The molecule has 3 amide bonds. The van der Waals surface area contributed by atoms with Gasteiger partial charge in [0.2, 0.25) is 16.9 Å². The smallest absolute Gasteiger partial charge is 0.408 e. The third-order valence-corrected chi connectivity index (χ3v) is 6.09. The number of aromatic nitrogens is 2. The first-order chi connectivity index (χ1) is 15.8. The van der Waals surface area contributed by atoms with Crippen molar-refractivity contribution in [1.82, 2.24) is 20.8 Å². The van der Waals surface area contributed by atoms with Crippen LogP contribution in [-0.2, 0) is 20.9 Å². The Labute approximate surface area is 206 Å². The molecule has 2 aromatic rings. The highest BCUT2D eigenvalue weighted by atomic mass is 32.2. The number of benzene rings is 1. The van der Waals surface area contributed by atoms with Gasteiger partial charge in [0, 0.05) is 0 Å². The maximum absolute atomic E-state index is 13.0. The fourth-order valence-electron chi connectivity index (χ4n) is 2.86. The van der Waals surface area contributed by atoms with Crippen LogP contribution >= 0.6 is 35.3 Å². The minimum atomic E-state index is -0.842. The van der Waals surface area contributed by atoms with E-state index in [4.69, 9.17) is 17.0 Å². The third-order valence-electron chi connectivity index (χ3n) is 4.44. The normalized spacial score (nSPS) is 12.6. The van der Waals surface area contributed by atoms with E-state index < -0.39 is 30.0 Å². The second-order valence-electron chi connectivity index (χ2n) is 7.64. The van der Waals surface area contributed by atoms with Crippen LogP contribution in [0.1, 0.15) is 32.3 Å². The van der Waals surface area contributed by atoms with Crippen LogP contribution in [-0.4, -0.2) is 52.2 Å². The van der Waals surface area contributed by atoms with E-state index in [1.807, 2.05) is 50.4 Å². The SMILES string of the molecule is CSCC[C@H](NC(=O)[C@H](CC(C)C)NC(=O)OCc1ccccc1)C(=O)Nc1n[nH]c(=S)s1. The first kappa shape index (κ1) is 26.8. The number of ether oxygens (including phenoxy) is 1. The first-order valence-corrected chi connectivity index (χ1v) is 13.0. The van der Waals surface area contributed by atoms with E-state index in [9.17, 15) is 14.4 Å². The van der Waals surface area contributed by atoms with E-state index in [1.165, 1.54) is 0 Å². The average molecular weight is 512 g/mol. The summed E-state index contributed by atoms with van der Waals surface area (Å²) in [6.45, 7) is 3.98. The van der Waals surface area contributed by atoms with Crippen molar-refractivity contribution < 1.29 is 19.1 Å².